The molecule has 138 valence electrons. The number of amides is 1. The van der Waals surface area contributed by atoms with Crippen LogP contribution in [0.15, 0.2) is 35.2 Å². The number of halogens is 1. The number of ether oxygens (including phenoxy) is 1. The standard InChI is InChI=1S/C18H19ClN2O4S/c1-11-6-12(2)8-14(7-11)20-26(23,24)18-10-17-16(9-15(18)19)21(13(3)22)4-5-25-17/h6-10,20H,4-5H2,1-3H3. The lowest BCUT2D eigenvalue weighted by atomic mass is 10.1. The van der Waals surface area contributed by atoms with E-state index >= 15 is 0 Å². The molecular weight excluding hydrogens is 376 g/mol. The molecule has 0 radical (unpaired) electrons. The molecule has 1 aliphatic rings. The fraction of sp³-hybridized carbons (Fsp3) is 0.278. The first-order valence-electron chi connectivity index (χ1n) is 8.03. The molecule has 0 saturated heterocycles. The molecule has 1 amide bonds. The fourth-order valence-corrected chi connectivity index (χ4v) is 4.57. The van der Waals surface area contributed by atoms with E-state index in [9.17, 15) is 13.2 Å². The monoisotopic (exact) mass is 394 g/mol. The maximum atomic E-state index is 12.8. The van der Waals surface area contributed by atoms with E-state index in [4.69, 9.17) is 16.3 Å². The lowest BCUT2D eigenvalue weighted by molar-refractivity contribution is -0.116. The van der Waals surface area contributed by atoms with Gasteiger partial charge in [0, 0.05) is 18.7 Å². The third kappa shape index (κ3) is 3.64. The number of benzene rings is 2. The van der Waals surface area contributed by atoms with Gasteiger partial charge in [-0.1, -0.05) is 17.7 Å². The summed E-state index contributed by atoms with van der Waals surface area (Å²) in [7, 11) is -3.91. The van der Waals surface area contributed by atoms with E-state index in [1.165, 1.54) is 24.0 Å². The van der Waals surface area contributed by atoms with Crippen molar-refractivity contribution in [3.8, 4) is 5.75 Å². The Morgan fingerprint density at radius 2 is 1.81 bits per heavy atom. The predicted molar refractivity (Wildman–Crippen MR) is 102 cm³/mol. The number of hydrogen-bond acceptors (Lipinski definition) is 4. The lowest BCUT2D eigenvalue weighted by Gasteiger charge is -2.29. The summed E-state index contributed by atoms with van der Waals surface area (Å²) in [6.45, 7) is 5.90. The molecule has 1 heterocycles. The van der Waals surface area contributed by atoms with Crippen LogP contribution in [0.1, 0.15) is 18.1 Å². The zero-order valence-corrected chi connectivity index (χ0v) is 16.2. The van der Waals surface area contributed by atoms with Gasteiger partial charge in [0.05, 0.1) is 17.3 Å². The van der Waals surface area contributed by atoms with Crippen molar-refractivity contribution in [2.75, 3.05) is 22.8 Å². The van der Waals surface area contributed by atoms with Crippen molar-refractivity contribution < 1.29 is 17.9 Å². The number of nitrogens with zero attached hydrogens (tertiary/aromatic N) is 1. The molecule has 8 heteroatoms. The smallest absolute Gasteiger partial charge is 0.263 e. The number of hydrogen-bond donors (Lipinski definition) is 1. The van der Waals surface area contributed by atoms with Crippen molar-refractivity contribution >= 4 is 38.9 Å². The van der Waals surface area contributed by atoms with E-state index in [0.29, 0.717) is 23.7 Å². The van der Waals surface area contributed by atoms with Crippen LogP contribution in [0.3, 0.4) is 0 Å². The van der Waals surface area contributed by atoms with Crippen molar-refractivity contribution in [3.05, 3.63) is 46.5 Å². The Hall–Kier alpha value is -2.25. The number of fused-ring (bicyclic) bond motifs is 1. The van der Waals surface area contributed by atoms with Gasteiger partial charge >= 0.3 is 0 Å². The highest BCUT2D eigenvalue weighted by Gasteiger charge is 2.27. The molecule has 0 bridgehead atoms. The predicted octanol–water partition coefficient (Wildman–Crippen LogP) is 3.50. The Kier molecular flexibility index (Phi) is 4.86. The number of nitrogens with one attached hydrogen (secondary N) is 1. The van der Waals surface area contributed by atoms with E-state index < -0.39 is 10.0 Å². The van der Waals surface area contributed by atoms with Gasteiger partial charge in [-0.2, -0.15) is 0 Å². The first-order valence-corrected chi connectivity index (χ1v) is 9.89. The summed E-state index contributed by atoms with van der Waals surface area (Å²) in [5.74, 6) is 0.159. The molecule has 0 atom stereocenters. The number of rotatable bonds is 3. The number of carbonyl (C=O) groups is 1. The van der Waals surface area contributed by atoms with E-state index in [1.807, 2.05) is 19.9 Å². The Morgan fingerprint density at radius 3 is 2.42 bits per heavy atom. The molecule has 0 spiro atoms. The Bertz CT molecular complexity index is 969. The van der Waals surface area contributed by atoms with E-state index in [-0.39, 0.29) is 22.4 Å². The number of anilines is 2. The molecule has 0 aromatic heterocycles. The van der Waals surface area contributed by atoms with Crippen LogP contribution in [0.2, 0.25) is 5.02 Å². The van der Waals surface area contributed by atoms with Gasteiger partial charge in [0.15, 0.2) is 0 Å². The normalized spacial score (nSPS) is 13.8. The second-order valence-corrected chi connectivity index (χ2v) is 8.31. The Balaban J connectivity index is 2.02. The van der Waals surface area contributed by atoms with Crippen LogP contribution in [0.25, 0.3) is 0 Å². The summed E-state index contributed by atoms with van der Waals surface area (Å²) in [6.07, 6.45) is 0. The molecule has 2 aromatic rings. The third-order valence-corrected chi connectivity index (χ3v) is 5.87. The van der Waals surface area contributed by atoms with Crippen molar-refractivity contribution in [2.24, 2.45) is 0 Å². The van der Waals surface area contributed by atoms with E-state index in [0.717, 1.165) is 11.1 Å². The maximum Gasteiger partial charge on any atom is 0.263 e. The first kappa shape index (κ1) is 18.5. The van der Waals surface area contributed by atoms with Gasteiger partial charge in [-0.25, -0.2) is 8.42 Å². The van der Waals surface area contributed by atoms with Gasteiger partial charge in [0.1, 0.15) is 17.3 Å². The largest absolute Gasteiger partial charge is 0.489 e. The molecule has 0 unspecified atom stereocenters. The molecule has 2 aromatic carbocycles. The molecule has 6 nitrogen and oxygen atoms in total. The zero-order valence-electron chi connectivity index (χ0n) is 14.7. The number of aryl methyl sites for hydroxylation is 2. The highest BCUT2D eigenvalue weighted by atomic mass is 35.5. The molecule has 0 fully saturated rings. The minimum Gasteiger partial charge on any atom is -0.489 e. The van der Waals surface area contributed by atoms with Crippen LogP contribution < -0.4 is 14.4 Å². The first-order chi connectivity index (χ1) is 12.2. The van der Waals surface area contributed by atoms with Gasteiger partial charge in [-0.3, -0.25) is 9.52 Å². The Morgan fingerprint density at radius 1 is 1.15 bits per heavy atom. The van der Waals surface area contributed by atoms with Gasteiger partial charge < -0.3 is 9.64 Å². The minimum absolute atomic E-state index is 0.0253. The maximum absolute atomic E-state index is 12.8. The molecular formula is C18H19ClN2O4S. The molecule has 3 rings (SSSR count). The summed E-state index contributed by atoms with van der Waals surface area (Å²) in [4.78, 5) is 13.2. The third-order valence-electron chi connectivity index (χ3n) is 4.02. The molecule has 1 aliphatic heterocycles. The summed E-state index contributed by atoms with van der Waals surface area (Å²) >= 11 is 6.23. The van der Waals surface area contributed by atoms with Crippen LogP contribution in [-0.2, 0) is 14.8 Å². The van der Waals surface area contributed by atoms with Crippen LogP contribution >= 0.6 is 11.6 Å². The van der Waals surface area contributed by atoms with Gasteiger partial charge in [-0.15, -0.1) is 0 Å². The molecule has 1 N–H and O–H groups in total. The molecule has 0 aliphatic carbocycles. The van der Waals surface area contributed by atoms with Crippen LogP contribution in [0.4, 0.5) is 11.4 Å². The van der Waals surface area contributed by atoms with Crippen molar-refractivity contribution in [1.29, 1.82) is 0 Å². The zero-order chi connectivity index (χ0) is 19.1. The van der Waals surface area contributed by atoms with Crippen LogP contribution in [0.5, 0.6) is 5.75 Å². The SMILES string of the molecule is CC(=O)N1CCOc2cc(S(=O)(=O)Nc3cc(C)cc(C)c3)c(Cl)cc21. The summed E-state index contributed by atoms with van der Waals surface area (Å²) in [5.41, 5.74) is 2.82. The van der Waals surface area contributed by atoms with E-state index in [1.54, 1.807) is 12.1 Å². The molecule has 0 saturated carbocycles. The van der Waals surface area contributed by atoms with Crippen molar-refractivity contribution in [3.63, 3.8) is 0 Å². The van der Waals surface area contributed by atoms with Gasteiger partial charge in [0.25, 0.3) is 10.0 Å². The molecule has 26 heavy (non-hydrogen) atoms. The van der Waals surface area contributed by atoms with Crippen molar-refractivity contribution in [1.82, 2.24) is 0 Å². The minimum atomic E-state index is -3.91. The second kappa shape index (κ2) is 6.81. The summed E-state index contributed by atoms with van der Waals surface area (Å²) in [5, 5.41) is 0.0253. The summed E-state index contributed by atoms with van der Waals surface area (Å²) < 4.78 is 33.7. The van der Waals surface area contributed by atoms with Crippen LogP contribution in [0, 0.1) is 13.8 Å². The highest BCUT2D eigenvalue weighted by molar-refractivity contribution is 7.92. The number of sulfonamides is 1. The average molecular weight is 395 g/mol. The number of carbonyl (C=O) groups excluding carboxylic acids is 1. The van der Waals surface area contributed by atoms with E-state index in [2.05, 4.69) is 4.72 Å². The van der Waals surface area contributed by atoms with Crippen LogP contribution in [-0.4, -0.2) is 27.5 Å². The van der Waals surface area contributed by atoms with Gasteiger partial charge in [-0.05, 0) is 43.2 Å². The highest BCUT2D eigenvalue weighted by Crippen LogP contribution is 2.38. The van der Waals surface area contributed by atoms with Gasteiger partial charge in [0.2, 0.25) is 5.91 Å². The summed E-state index contributed by atoms with van der Waals surface area (Å²) in [6, 6.07) is 8.24. The van der Waals surface area contributed by atoms with Crippen molar-refractivity contribution in [2.45, 2.75) is 25.7 Å². The topological polar surface area (TPSA) is 75.7 Å². The fourth-order valence-electron chi connectivity index (χ4n) is 2.99. The lowest BCUT2D eigenvalue weighted by Crippen LogP contribution is -2.36. The average Bonchev–Trinajstić information content (AvgIpc) is 2.51. The Labute approximate surface area is 157 Å². The second-order valence-electron chi connectivity index (χ2n) is 6.25. The quantitative estimate of drug-likeness (QED) is 0.864.